The van der Waals surface area contributed by atoms with Gasteiger partial charge in [0.15, 0.2) is 0 Å². The van der Waals surface area contributed by atoms with Gasteiger partial charge in [-0.15, -0.1) is 0 Å². The number of fused-ring (bicyclic) bond motifs is 3. The summed E-state index contributed by atoms with van der Waals surface area (Å²) in [6.45, 7) is 1.33. The molecule has 4 N–H and O–H groups in total. The van der Waals surface area contributed by atoms with E-state index in [1.54, 1.807) is 12.1 Å². The van der Waals surface area contributed by atoms with Crippen molar-refractivity contribution in [3.8, 4) is 5.75 Å². The molecule has 2 fully saturated rings. The number of aromatic carboxylic acids is 1. The van der Waals surface area contributed by atoms with E-state index in [0.29, 0.717) is 12.5 Å². The van der Waals surface area contributed by atoms with Crippen LogP contribution in [0.3, 0.4) is 0 Å². The number of carboxylic acids is 1. The summed E-state index contributed by atoms with van der Waals surface area (Å²) in [7, 11) is -3.95. The molecule has 2 aromatic rings. The highest BCUT2D eigenvalue weighted by atomic mass is 32.3. The maximum Gasteiger partial charge on any atom is 0.346 e. The first kappa shape index (κ1) is 21.1. The van der Waals surface area contributed by atoms with Gasteiger partial charge in [0.25, 0.3) is 0 Å². The summed E-state index contributed by atoms with van der Waals surface area (Å²) in [5.74, 6) is -0.834. The van der Waals surface area contributed by atoms with Crippen LogP contribution in [0.15, 0.2) is 41.3 Å². The first-order valence-electron chi connectivity index (χ1n) is 10.6. The van der Waals surface area contributed by atoms with Gasteiger partial charge in [0.05, 0.1) is 6.61 Å². The third kappa shape index (κ3) is 3.92. The molecule has 2 aliphatic heterocycles. The first-order chi connectivity index (χ1) is 15.3. The molecule has 32 heavy (non-hydrogen) atoms. The number of ether oxygens (including phenoxy) is 1. The molecule has 0 bridgehead atoms. The van der Waals surface area contributed by atoms with Crippen LogP contribution in [0.4, 0.5) is 10.1 Å². The number of carbonyl (C=O) groups is 1. The smallest absolute Gasteiger partial charge is 0.346 e. The standard InChI is InChI=1S/C23H23FN2O5S/c24-15-4-8-20(13(10-15)3-5-16-2-1-9-25-16)32(29,30)26-19-7-6-17-18-11-14(18)12-31-22(17)21(19)23(27)28/h3-8,10,14,16,18,25H,1-2,9,11-12H2,(H2-,26,27,28,29,30)/p+1/b5-3-/t14-,16-,18-/m0/s1. The van der Waals surface area contributed by atoms with E-state index < -0.39 is 22.2 Å². The molecule has 3 aliphatic rings. The van der Waals surface area contributed by atoms with Crippen LogP contribution in [0, 0.1) is 11.7 Å². The first-order valence-corrected chi connectivity index (χ1v) is 12.1. The average molecular weight is 460 g/mol. The SMILES string of the molecule is O=C(O)c1c(N[S+](=O)(O)c2ccc(F)cc2/C=C\[C@@H]2CCCN2)ccc2c1OC[C@@H]1C[C@H]21. The van der Waals surface area contributed by atoms with Crippen LogP contribution in [0.25, 0.3) is 6.08 Å². The molecule has 0 amide bonds. The van der Waals surface area contributed by atoms with Gasteiger partial charge in [-0.2, -0.15) is 9.27 Å². The van der Waals surface area contributed by atoms with E-state index in [2.05, 4.69) is 10.0 Å². The summed E-state index contributed by atoms with van der Waals surface area (Å²) in [5.41, 5.74) is 0.900. The molecule has 7 nitrogen and oxygen atoms in total. The molecular formula is C23H24FN2O5S+. The minimum Gasteiger partial charge on any atom is -0.492 e. The van der Waals surface area contributed by atoms with Crippen molar-refractivity contribution < 1.29 is 27.8 Å². The van der Waals surface area contributed by atoms with Crippen LogP contribution >= 0.6 is 0 Å². The maximum atomic E-state index is 13.9. The van der Waals surface area contributed by atoms with Crippen molar-refractivity contribution in [1.29, 1.82) is 0 Å². The normalized spacial score (nSPS) is 25.5. The zero-order valence-electron chi connectivity index (χ0n) is 17.2. The second-order valence-electron chi connectivity index (χ2n) is 8.50. The quantitative estimate of drug-likeness (QED) is 0.484. The average Bonchev–Trinajstić information content (AvgIpc) is 3.36. The van der Waals surface area contributed by atoms with Gasteiger partial charge >= 0.3 is 16.4 Å². The Labute approximate surface area is 186 Å². The Morgan fingerprint density at radius 1 is 1.31 bits per heavy atom. The molecule has 4 atom stereocenters. The predicted molar refractivity (Wildman–Crippen MR) is 119 cm³/mol. The molecule has 2 heterocycles. The van der Waals surface area contributed by atoms with E-state index in [1.165, 1.54) is 18.2 Å². The molecule has 0 radical (unpaired) electrons. The summed E-state index contributed by atoms with van der Waals surface area (Å²) in [5, 5.41) is 13.1. The molecule has 5 rings (SSSR count). The van der Waals surface area contributed by atoms with Crippen molar-refractivity contribution in [2.45, 2.75) is 36.1 Å². The molecular weight excluding hydrogens is 435 g/mol. The fourth-order valence-electron chi connectivity index (χ4n) is 4.55. The number of hydrogen-bond acceptors (Lipinski definition) is 4. The van der Waals surface area contributed by atoms with E-state index in [9.17, 15) is 23.1 Å². The number of nitrogens with one attached hydrogen (secondary N) is 2. The van der Waals surface area contributed by atoms with E-state index >= 15 is 0 Å². The number of rotatable bonds is 6. The molecule has 9 heteroatoms. The van der Waals surface area contributed by atoms with Crippen molar-refractivity contribution in [2.75, 3.05) is 17.9 Å². The van der Waals surface area contributed by atoms with Gasteiger partial charge in [0.2, 0.25) is 4.90 Å². The summed E-state index contributed by atoms with van der Waals surface area (Å²) in [6, 6.07) is 6.93. The van der Waals surface area contributed by atoms with Gasteiger partial charge in [-0.25, -0.2) is 9.18 Å². The van der Waals surface area contributed by atoms with E-state index in [0.717, 1.165) is 37.4 Å². The topological polar surface area (TPSA) is 108 Å². The highest BCUT2D eigenvalue weighted by Gasteiger charge is 2.46. The summed E-state index contributed by atoms with van der Waals surface area (Å²) < 4.78 is 46.4. The summed E-state index contributed by atoms with van der Waals surface area (Å²) in [6.07, 6.45) is 6.40. The lowest BCUT2D eigenvalue weighted by atomic mass is 10.0. The van der Waals surface area contributed by atoms with Crippen molar-refractivity contribution in [2.24, 2.45) is 5.92 Å². The van der Waals surface area contributed by atoms with Gasteiger partial charge in [0.1, 0.15) is 22.8 Å². The zero-order valence-corrected chi connectivity index (χ0v) is 18.0. The number of anilines is 1. The second kappa shape index (κ2) is 7.99. The molecule has 1 saturated heterocycles. The van der Waals surface area contributed by atoms with Gasteiger partial charge < -0.3 is 15.2 Å². The molecule has 1 aliphatic carbocycles. The van der Waals surface area contributed by atoms with Crippen molar-refractivity contribution in [3.05, 3.63) is 58.9 Å². The van der Waals surface area contributed by atoms with Crippen LogP contribution in [0.1, 0.15) is 46.7 Å². The van der Waals surface area contributed by atoms with Gasteiger partial charge in [-0.3, -0.25) is 0 Å². The number of hydrogen-bond donors (Lipinski definition) is 4. The lowest BCUT2D eigenvalue weighted by molar-refractivity contribution is 0.0692. The molecule has 1 unspecified atom stereocenters. The highest BCUT2D eigenvalue weighted by molar-refractivity contribution is 7.99. The Morgan fingerprint density at radius 3 is 2.91 bits per heavy atom. The van der Waals surface area contributed by atoms with Gasteiger partial charge in [0, 0.05) is 23.6 Å². The van der Waals surface area contributed by atoms with Gasteiger partial charge in [-0.1, -0.05) is 18.2 Å². The predicted octanol–water partition coefficient (Wildman–Crippen LogP) is 4.14. The highest BCUT2D eigenvalue weighted by Crippen LogP contribution is 2.55. The number of benzene rings is 2. The number of halogens is 1. The Bertz CT molecular complexity index is 1160. The minimum atomic E-state index is -3.95. The molecule has 168 valence electrons. The Morgan fingerprint density at radius 2 is 2.16 bits per heavy atom. The minimum absolute atomic E-state index is 0.0143. The largest absolute Gasteiger partial charge is 0.492 e. The molecule has 2 aromatic carbocycles. The monoisotopic (exact) mass is 459 g/mol. The lowest BCUT2D eigenvalue weighted by Crippen LogP contribution is -2.24. The fourth-order valence-corrected chi connectivity index (χ4v) is 5.82. The third-order valence-electron chi connectivity index (χ3n) is 6.29. The fraction of sp³-hybridized carbons (Fsp3) is 0.348. The summed E-state index contributed by atoms with van der Waals surface area (Å²) in [4.78, 5) is 12.0. The Balaban J connectivity index is 1.50. The van der Waals surface area contributed by atoms with Crippen molar-refractivity contribution in [1.82, 2.24) is 5.32 Å². The second-order valence-corrected chi connectivity index (χ2v) is 10.2. The summed E-state index contributed by atoms with van der Waals surface area (Å²) >= 11 is 0. The molecule has 0 aromatic heterocycles. The Kier molecular flexibility index (Phi) is 5.27. The molecule has 1 saturated carbocycles. The zero-order chi connectivity index (χ0) is 22.5. The molecule has 0 spiro atoms. The Hall–Kier alpha value is -2.75. The van der Waals surface area contributed by atoms with Crippen molar-refractivity contribution in [3.63, 3.8) is 0 Å². The number of carboxylic acid groups (broad SMARTS) is 1. The van der Waals surface area contributed by atoms with Crippen LogP contribution in [-0.4, -0.2) is 34.8 Å². The third-order valence-corrected chi connectivity index (χ3v) is 7.76. The van der Waals surface area contributed by atoms with E-state index in [4.69, 9.17) is 4.74 Å². The van der Waals surface area contributed by atoms with Crippen LogP contribution < -0.4 is 14.8 Å². The van der Waals surface area contributed by atoms with E-state index in [1.807, 2.05) is 6.08 Å². The van der Waals surface area contributed by atoms with Crippen LogP contribution in [-0.2, 0) is 14.6 Å². The van der Waals surface area contributed by atoms with Gasteiger partial charge in [-0.05, 0) is 59.7 Å². The van der Waals surface area contributed by atoms with Crippen LogP contribution in [0.5, 0.6) is 5.75 Å². The van der Waals surface area contributed by atoms with Crippen LogP contribution in [0.2, 0.25) is 0 Å². The van der Waals surface area contributed by atoms with Crippen molar-refractivity contribution >= 4 is 28.1 Å². The maximum absolute atomic E-state index is 13.9. The lowest BCUT2D eigenvalue weighted by Gasteiger charge is -2.20. The van der Waals surface area contributed by atoms with E-state index in [-0.39, 0.29) is 39.4 Å².